The van der Waals surface area contributed by atoms with Crippen molar-refractivity contribution in [3.63, 3.8) is 0 Å². The van der Waals surface area contributed by atoms with E-state index >= 15 is 0 Å². The molecule has 0 aliphatic heterocycles. The van der Waals surface area contributed by atoms with Crippen LogP contribution in [0.3, 0.4) is 0 Å². The van der Waals surface area contributed by atoms with E-state index in [0.717, 1.165) is 28.5 Å². The fraction of sp³-hybridized carbons (Fsp3) is 0.375. The van der Waals surface area contributed by atoms with E-state index in [4.69, 9.17) is 4.74 Å². The number of aliphatic hydroxyl groups is 1. The van der Waals surface area contributed by atoms with Gasteiger partial charge in [0.05, 0.1) is 13.2 Å². The van der Waals surface area contributed by atoms with E-state index in [-0.39, 0.29) is 0 Å². The van der Waals surface area contributed by atoms with Crippen LogP contribution in [0.4, 0.5) is 0 Å². The first kappa shape index (κ1) is 12.9. The topological polar surface area (TPSA) is 29.5 Å². The summed E-state index contributed by atoms with van der Waals surface area (Å²) in [5.41, 5.74) is 0.986. The van der Waals surface area contributed by atoms with Crippen molar-refractivity contribution in [3.05, 3.63) is 42.0 Å². The molecule has 0 bridgehead atoms. The SMILES string of the molecule is COc1ccc(C(O)CC(C)C)c2ccccc12. The molecule has 0 spiro atoms. The van der Waals surface area contributed by atoms with Gasteiger partial charge in [-0.25, -0.2) is 0 Å². The quantitative estimate of drug-likeness (QED) is 0.883. The molecule has 2 rings (SSSR count). The first-order valence-electron chi connectivity index (χ1n) is 6.37. The Kier molecular flexibility index (Phi) is 3.87. The number of hydrogen-bond acceptors (Lipinski definition) is 2. The van der Waals surface area contributed by atoms with Gasteiger partial charge in [-0.15, -0.1) is 0 Å². The summed E-state index contributed by atoms with van der Waals surface area (Å²) in [5, 5.41) is 12.4. The van der Waals surface area contributed by atoms with E-state index in [1.54, 1.807) is 7.11 Å². The molecule has 0 aliphatic carbocycles. The van der Waals surface area contributed by atoms with Crippen LogP contribution in [0.15, 0.2) is 36.4 Å². The van der Waals surface area contributed by atoms with E-state index < -0.39 is 6.10 Å². The number of methoxy groups -OCH3 is 1. The van der Waals surface area contributed by atoms with Crippen molar-refractivity contribution in [2.45, 2.75) is 26.4 Å². The predicted molar refractivity (Wildman–Crippen MR) is 74.9 cm³/mol. The highest BCUT2D eigenvalue weighted by Crippen LogP contribution is 2.33. The van der Waals surface area contributed by atoms with Gasteiger partial charge in [-0.2, -0.15) is 0 Å². The first-order chi connectivity index (χ1) is 8.63. The van der Waals surface area contributed by atoms with E-state index in [2.05, 4.69) is 13.8 Å². The van der Waals surface area contributed by atoms with Gasteiger partial charge in [0, 0.05) is 5.39 Å². The second-order valence-electron chi connectivity index (χ2n) is 5.05. The summed E-state index contributed by atoms with van der Waals surface area (Å²) in [6, 6.07) is 11.9. The van der Waals surface area contributed by atoms with Gasteiger partial charge in [0.25, 0.3) is 0 Å². The van der Waals surface area contributed by atoms with Gasteiger partial charge in [-0.05, 0) is 29.4 Å². The Balaban J connectivity index is 2.52. The highest BCUT2D eigenvalue weighted by atomic mass is 16.5. The minimum atomic E-state index is -0.416. The van der Waals surface area contributed by atoms with E-state index in [1.165, 1.54) is 0 Å². The average molecular weight is 244 g/mol. The molecule has 2 aromatic carbocycles. The molecule has 0 heterocycles. The number of ether oxygens (including phenoxy) is 1. The molecule has 1 unspecified atom stereocenters. The van der Waals surface area contributed by atoms with Crippen LogP contribution in [0, 0.1) is 5.92 Å². The Labute approximate surface area is 108 Å². The minimum absolute atomic E-state index is 0.416. The summed E-state index contributed by atoms with van der Waals surface area (Å²) in [7, 11) is 1.67. The average Bonchev–Trinajstić information content (AvgIpc) is 2.36. The molecule has 2 heteroatoms. The lowest BCUT2D eigenvalue weighted by Crippen LogP contribution is -2.03. The Hall–Kier alpha value is -1.54. The minimum Gasteiger partial charge on any atom is -0.496 e. The summed E-state index contributed by atoms with van der Waals surface area (Å²) in [6.07, 6.45) is 0.358. The molecule has 1 N–H and O–H groups in total. The van der Waals surface area contributed by atoms with Crippen molar-refractivity contribution < 1.29 is 9.84 Å². The monoisotopic (exact) mass is 244 g/mol. The lowest BCUT2D eigenvalue weighted by atomic mass is 9.94. The van der Waals surface area contributed by atoms with Gasteiger partial charge < -0.3 is 9.84 Å². The third kappa shape index (κ3) is 2.49. The third-order valence-corrected chi connectivity index (χ3v) is 3.19. The number of benzene rings is 2. The molecule has 0 aromatic heterocycles. The van der Waals surface area contributed by atoms with Gasteiger partial charge in [0.15, 0.2) is 0 Å². The van der Waals surface area contributed by atoms with Crippen LogP contribution in [0.2, 0.25) is 0 Å². The molecule has 0 fully saturated rings. The molecule has 0 saturated heterocycles. The molecule has 2 aromatic rings. The summed E-state index contributed by atoms with van der Waals surface area (Å²) in [4.78, 5) is 0. The Bertz CT molecular complexity index is 532. The second kappa shape index (κ2) is 5.40. The van der Waals surface area contributed by atoms with Crippen molar-refractivity contribution in [3.8, 4) is 5.75 Å². The Morgan fingerprint density at radius 2 is 1.72 bits per heavy atom. The van der Waals surface area contributed by atoms with Crippen molar-refractivity contribution in [2.75, 3.05) is 7.11 Å². The molecule has 0 saturated carbocycles. The lowest BCUT2D eigenvalue weighted by Gasteiger charge is -2.17. The number of fused-ring (bicyclic) bond motifs is 1. The lowest BCUT2D eigenvalue weighted by molar-refractivity contribution is 0.152. The molecular formula is C16H20O2. The van der Waals surface area contributed by atoms with Crippen molar-refractivity contribution in [2.24, 2.45) is 5.92 Å². The van der Waals surface area contributed by atoms with Crippen LogP contribution in [-0.4, -0.2) is 12.2 Å². The van der Waals surface area contributed by atoms with Crippen LogP contribution in [0.25, 0.3) is 10.8 Å². The zero-order valence-electron chi connectivity index (χ0n) is 11.2. The number of rotatable bonds is 4. The predicted octanol–water partition coefficient (Wildman–Crippen LogP) is 3.93. The maximum atomic E-state index is 10.3. The molecule has 0 radical (unpaired) electrons. The normalized spacial score (nSPS) is 12.9. The maximum absolute atomic E-state index is 10.3. The van der Waals surface area contributed by atoms with Crippen molar-refractivity contribution in [1.82, 2.24) is 0 Å². The van der Waals surface area contributed by atoms with Crippen LogP contribution in [0.5, 0.6) is 5.75 Å². The van der Waals surface area contributed by atoms with Crippen molar-refractivity contribution >= 4 is 10.8 Å². The largest absolute Gasteiger partial charge is 0.496 e. The van der Waals surface area contributed by atoms with Gasteiger partial charge in [-0.1, -0.05) is 44.2 Å². The fourth-order valence-electron chi connectivity index (χ4n) is 2.34. The summed E-state index contributed by atoms with van der Waals surface area (Å²) in [5.74, 6) is 1.33. The standard InChI is InChI=1S/C16H20O2/c1-11(2)10-15(17)13-8-9-16(18-3)14-7-5-4-6-12(13)14/h4-9,11,15,17H,10H2,1-3H3. The highest BCUT2D eigenvalue weighted by molar-refractivity contribution is 5.91. The van der Waals surface area contributed by atoms with E-state index in [1.807, 2.05) is 36.4 Å². The molecule has 0 amide bonds. The van der Waals surface area contributed by atoms with Crippen LogP contribution < -0.4 is 4.74 Å². The third-order valence-electron chi connectivity index (χ3n) is 3.19. The molecule has 2 nitrogen and oxygen atoms in total. The summed E-state index contributed by atoms with van der Waals surface area (Å²) in [6.45, 7) is 4.24. The van der Waals surface area contributed by atoms with Gasteiger partial charge in [0.1, 0.15) is 5.75 Å². The summed E-state index contributed by atoms with van der Waals surface area (Å²) >= 11 is 0. The van der Waals surface area contributed by atoms with Gasteiger partial charge in [0.2, 0.25) is 0 Å². The van der Waals surface area contributed by atoms with Gasteiger partial charge in [-0.3, -0.25) is 0 Å². The molecule has 18 heavy (non-hydrogen) atoms. The first-order valence-corrected chi connectivity index (χ1v) is 6.37. The zero-order valence-corrected chi connectivity index (χ0v) is 11.2. The van der Waals surface area contributed by atoms with Crippen LogP contribution in [-0.2, 0) is 0 Å². The van der Waals surface area contributed by atoms with Gasteiger partial charge >= 0.3 is 0 Å². The van der Waals surface area contributed by atoms with Crippen LogP contribution in [0.1, 0.15) is 31.9 Å². The number of hydrogen-bond donors (Lipinski definition) is 1. The maximum Gasteiger partial charge on any atom is 0.126 e. The number of aliphatic hydroxyl groups excluding tert-OH is 1. The molecule has 1 atom stereocenters. The molecular weight excluding hydrogens is 224 g/mol. The van der Waals surface area contributed by atoms with Crippen LogP contribution >= 0.6 is 0 Å². The smallest absolute Gasteiger partial charge is 0.126 e. The molecule has 0 aliphatic rings. The molecule has 96 valence electrons. The second-order valence-corrected chi connectivity index (χ2v) is 5.05. The summed E-state index contributed by atoms with van der Waals surface area (Å²) < 4.78 is 5.36. The van der Waals surface area contributed by atoms with E-state index in [9.17, 15) is 5.11 Å². The highest BCUT2D eigenvalue weighted by Gasteiger charge is 2.14. The Morgan fingerprint density at radius 3 is 2.33 bits per heavy atom. The van der Waals surface area contributed by atoms with Crippen molar-refractivity contribution in [1.29, 1.82) is 0 Å². The van der Waals surface area contributed by atoms with E-state index in [0.29, 0.717) is 5.92 Å². The Morgan fingerprint density at radius 1 is 1.06 bits per heavy atom. The zero-order chi connectivity index (χ0) is 13.1. The fourth-order valence-corrected chi connectivity index (χ4v) is 2.34.